The van der Waals surface area contributed by atoms with E-state index in [1.54, 1.807) is 0 Å². The fraction of sp³-hybridized carbons (Fsp3) is 0.353. The van der Waals surface area contributed by atoms with E-state index >= 15 is 0 Å². The van der Waals surface area contributed by atoms with Gasteiger partial charge in [-0.15, -0.1) is 0 Å². The summed E-state index contributed by atoms with van der Waals surface area (Å²) < 4.78 is 14.4. The largest absolute Gasteiger partial charge is 0.491 e. The molecule has 0 saturated carbocycles. The minimum Gasteiger partial charge on any atom is -0.491 e. The van der Waals surface area contributed by atoms with E-state index in [4.69, 9.17) is 20.9 Å². The number of rotatable bonds is 12. The molecular weight excluding hydrogens is 722 g/mol. The Labute approximate surface area is 267 Å². The molecule has 4 N–H and O–H groups in total. The number of hydrogen-bond acceptors (Lipinski definition) is 4. The summed E-state index contributed by atoms with van der Waals surface area (Å²) in [5, 5.41) is 0. The Bertz CT molecular complexity index is 1290. The maximum absolute atomic E-state index is 6.16. The smallest absolute Gasteiger partial charge is 0.148 e. The van der Waals surface area contributed by atoms with Crippen molar-refractivity contribution in [2.24, 2.45) is 11.5 Å². The highest BCUT2D eigenvalue weighted by molar-refractivity contribution is 14.1. The lowest BCUT2D eigenvalue weighted by atomic mass is 10.1. The molecule has 0 radical (unpaired) electrons. The van der Waals surface area contributed by atoms with Gasteiger partial charge in [0.15, 0.2) is 0 Å². The maximum Gasteiger partial charge on any atom is 0.148 e. The molecule has 0 amide bonds. The first kappa shape index (κ1) is 32.3. The average Bonchev–Trinajstić information content (AvgIpc) is 2.96. The lowest BCUT2D eigenvalue weighted by Gasteiger charge is -2.12. The Morgan fingerprint density at radius 1 is 0.625 bits per heavy atom. The van der Waals surface area contributed by atoms with Crippen molar-refractivity contribution in [2.45, 2.75) is 65.5 Å². The highest BCUT2D eigenvalue weighted by atomic mass is 127. The van der Waals surface area contributed by atoms with Crippen LogP contribution in [0.25, 0.3) is 0 Å². The molecule has 0 unspecified atom stereocenters. The first-order chi connectivity index (χ1) is 19.5. The van der Waals surface area contributed by atoms with E-state index in [0.717, 1.165) is 90.5 Å². The van der Waals surface area contributed by atoms with Crippen LogP contribution in [0.3, 0.4) is 0 Å². The van der Waals surface area contributed by atoms with Crippen LogP contribution in [0.4, 0.5) is 0 Å². The monoisotopic (exact) mass is 760 g/mol. The molecule has 0 spiro atoms. The summed E-state index contributed by atoms with van der Waals surface area (Å²) in [6.07, 6.45) is 6.66. The maximum atomic E-state index is 6.16. The quantitative estimate of drug-likeness (QED) is 0.113. The summed E-state index contributed by atoms with van der Waals surface area (Å²) in [6.45, 7) is 6.66. The molecule has 0 aliphatic carbocycles. The molecule has 3 aromatic carbocycles. The van der Waals surface area contributed by atoms with E-state index in [2.05, 4.69) is 94.8 Å². The van der Waals surface area contributed by atoms with Gasteiger partial charge in [0, 0.05) is 24.2 Å². The van der Waals surface area contributed by atoms with Gasteiger partial charge >= 0.3 is 0 Å². The Kier molecular flexibility index (Phi) is 14.2. The molecule has 0 heterocycles. The van der Waals surface area contributed by atoms with Crippen LogP contribution in [0.2, 0.25) is 0 Å². The number of unbranched alkanes of at least 4 members (excludes halogenated alkanes) is 4. The second-order valence-corrected chi connectivity index (χ2v) is 11.8. The first-order valence-corrected chi connectivity index (χ1v) is 16.1. The Balaban J connectivity index is 1.89. The van der Waals surface area contributed by atoms with Gasteiger partial charge < -0.3 is 20.9 Å². The lowest BCUT2D eigenvalue weighted by Crippen LogP contribution is -2.04. The molecule has 0 atom stereocenters. The zero-order valence-corrected chi connectivity index (χ0v) is 27.7. The minimum absolute atomic E-state index is 0.459. The molecule has 0 bridgehead atoms. The fourth-order valence-electron chi connectivity index (χ4n) is 4.02. The molecule has 0 aliphatic heterocycles. The van der Waals surface area contributed by atoms with Gasteiger partial charge in [0.1, 0.15) is 11.5 Å². The molecule has 0 fully saturated rings. The van der Waals surface area contributed by atoms with Crippen molar-refractivity contribution in [1.29, 1.82) is 0 Å². The predicted molar refractivity (Wildman–Crippen MR) is 183 cm³/mol. The summed E-state index contributed by atoms with van der Waals surface area (Å²) in [7, 11) is 0. The number of benzene rings is 3. The Morgan fingerprint density at radius 2 is 1.07 bits per heavy atom. The van der Waals surface area contributed by atoms with Crippen LogP contribution in [-0.2, 0) is 13.1 Å². The van der Waals surface area contributed by atoms with Gasteiger partial charge in [0.2, 0.25) is 0 Å². The fourth-order valence-corrected chi connectivity index (χ4v) is 5.71. The van der Waals surface area contributed by atoms with Gasteiger partial charge in [-0.3, -0.25) is 0 Å². The summed E-state index contributed by atoms with van der Waals surface area (Å²) in [5.74, 6) is 15.0. The molecule has 4 nitrogen and oxygen atoms in total. The second kappa shape index (κ2) is 17.5. The number of nitrogens with two attached hydrogens (primary N) is 2. The van der Waals surface area contributed by atoms with Crippen molar-refractivity contribution >= 4 is 45.2 Å². The van der Waals surface area contributed by atoms with Gasteiger partial charge in [-0.1, -0.05) is 69.3 Å². The van der Waals surface area contributed by atoms with Gasteiger partial charge in [-0.25, -0.2) is 0 Å². The molecule has 3 aromatic rings. The van der Waals surface area contributed by atoms with Crippen LogP contribution in [0.1, 0.15) is 85.8 Å². The van der Waals surface area contributed by atoms with Crippen LogP contribution < -0.4 is 20.9 Å². The number of hydrogen-bond donors (Lipinski definition) is 2. The van der Waals surface area contributed by atoms with Crippen LogP contribution in [0, 0.1) is 30.8 Å². The summed E-state index contributed by atoms with van der Waals surface area (Å²) in [5.41, 5.74) is 17.5. The topological polar surface area (TPSA) is 70.5 Å². The molecule has 40 heavy (non-hydrogen) atoms. The van der Waals surface area contributed by atoms with Crippen LogP contribution >= 0.6 is 45.2 Å². The molecule has 0 saturated heterocycles. The third-order valence-electron chi connectivity index (χ3n) is 6.21. The summed E-state index contributed by atoms with van der Waals surface area (Å²) in [4.78, 5) is 0. The highest BCUT2D eigenvalue weighted by Gasteiger charge is 2.11. The van der Waals surface area contributed by atoms with E-state index in [1.807, 2.05) is 36.4 Å². The Morgan fingerprint density at radius 3 is 1.48 bits per heavy atom. The van der Waals surface area contributed by atoms with Crippen molar-refractivity contribution in [2.75, 3.05) is 13.2 Å². The molecule has 3 rings (SSSR count). The SMILES string of the molecule is CCCCCOc1c(I)cc(CN)cc1C#Cc1cccc(C#Cc2cc(CN)cc(I)c2OCCCCC)c1. The van der Waals surface area contributed by atoms with Crippen molar-refractivity contribution in [3.05, 3.63) is 89.1 Å². The van der Waals surface area contributed by atoms with Crippen LogP contribution in [0.5, 0.6) is 11.5 Å². The molecule has 210 valence electrons. The zero-order valence-electron chi connectivity index (χ0n) is 23.4. The highest BCUT2D eigenvalue weighted by Crippen LogP contribution is 2.29. The van der Waals surface area contributed by atoms with Gasteiger partial charge in [0.25, 0.3) is 0 Å². The number of halogens is 2. The van der Waals surface area contributed by atoms with Crippen molar-refractivity contribution in [3.63, 3.8) is 0 Å². The van der Waals surface area contributed by atoms with E-state index < -0.39 is 0 Å². The van der Waals surface area contributed by atoms with Crippen LogP contribution in [-0.4, -0.2) is 13.2 Å². The van der Waals surface area contributed by atoms with Gasteiger partial charge in [-0.05, 0) is 112 Å². The molecular formula is C34H38I2N2O2. The van der Waals surface area contributed by atoms with Gasteiger partial charge in [0.05, 0.1) is 31.5 Å². The van der Waals surface area contributed by atoms with Crippen LogP contribution in [0.15, 0.2) is 48.5 Å². The van der Waals surface area contributed by atoms with E-state index in [0.29, 0.717) is 26.3 Å². The summed E-state index contributed by atoms with van der Waals surface area (Å²) in [6, 6.07) is 16.2. The third kappa shape index (κ3) is 9.99. The predicted octanol–water partition coefficient (Wildman–Crippen LogP) is 7.75. The lowest BCUT2D eigenvalue weighted by molar-refractivity contribution is 0.303. The van der Waals surface area contributed by atoms with Crippen molar-refractivity contribution < 1.29 is 9.47 Å². The standard InChI is InChI=1S/C34H38I2N2O2/c1-3-5-7-16-39-33-29(19-27(23-37)21-31(33)35)14-12-25-10-9-11-26(18-25)13-15-30-20-28(24-38)22-32(36)34(30)40-17-8-6-4-2/h9-11,18-22H,3-8,16-17,23-24,37-38H2,1-2H3. The zero-order chi connectivity index (χ0) is 28.7. The molecule has 0 aromatic heterocycles. The van der Waals surface area contributed by atoms with E-state index in [1.165, 1.54) is 0 Å². The first-order valence-electron chi connectivity index (χ1n) is 13.9. The normalized spacial score (nSPS) is 10.3. The van der Waals surface area contributed by atoms with E-state index in [-0.39, 0.29) is 0 Å². The summed E-state index contributed by atoms with van der Waals surface area (Å²) >= 11 is 4.62. The van der Waals surface area contributed by atoms with Crippen molar-refractivity contribution in [1.82, 2.24) is 0 Å². The second-order valence-electron chi connectivity index (χ2n) is 9.51. The van der Waals surface area contributed by atoms with E-state index in [9.17, 15) is 0 Å². The third-order valence-corrected chi connectivity index (χ3v) is 7.81. The minimum atomic E-state index is 0.459. The Hall–Kier alpha value is -2.24. The van der Waals surface area contributed by atoms with Gasteiger partial charge in [-0.2, -0.15) is 0 Å². The molecule has 6 heteroatoms. The number of ether oxygens (including phenoxy) is 2. The molecule has 0 aliphatic rings. The van der Waals surface area contributed by atoms with Crippen molar-refractivity contribution in [3.8, 4) is 35.2 Å². The average molecular weight is 760 g/mol.